The number of rotatable bonds is 3. The first-order chi connectivity index (χ1) is 8.29. The number of nitrogens with one attached hydrogen (secondary N) is 1. The first-order valence-electron chi connectivity index (χ1n) is 6.13. The third-order valence-corrected chi connectivity index (χ3v) is 2.68. The van der Waals surface area contributed by atoms with Crippen LogP contribution in [0.2, 0.25) is 0 Å². The minimum Gasteiger partial charge on any atom is -0.457 e. The lowest BCUT2D eigenvalue weighted by atomic mass is 9.92. The van der Waals surface area contributed by atoms with Gasteiger partial charge in [-0.05, 0) is 46.7 Å². The van der Waals surface area contributed by atoms with Gasteiger partial charge in [0.05, 0.1) is 0 Å². The van der Waals surface area contributed by atoms with Crippen LogP contribution in [0.15, 0.2) is 0 Å². The highest BCUT2D eigenvalue weighted by atomic mass is 16.7. The summed E-state index contributed by atoms with van der Waals surface area (Å²) in [4.78, 5) is 22.6. The molecule has 1 heterocycles. The summed E-state index contributed by atoms with van der Waals surface area (Å²) in [7, 11) is 0. The van der Waals surface area contributed by atoms with Crippen molar-refractivity contribution < 1.29 is 24.2 Å². The lowest BCUT2D eigenvalue weighted by Crippen LogP contribution is -2.43. The summed E-state index contributed by atoms with van der Waals surface area (Å²) in [6.45, 7) is 6.74. The molecule has 0 amide bonds. The number of piperidine rings is 1. The van der Waals surface area contributed by atoms with Gasteiger partial charge in [-0.1, -0.05) is 0 Å². The summed E-state index contributed by atoms with van der Waals surface area (Å²) in [5.74, 6) is -0.714. The molecule has 0 aromatic rings. The zero-order valence-electron chi connectivity index (χ0n) is 11.1. The van der Waals surface area contributed by atoms with Crippen LogP contribution >= 0.6 is 0 Å². The van der Waals surface area contributed by atoms with Crippen LogP contribution in [0.25, 0.3) is 0 Å². The van der Waals surface area contributed by atoms with E-state index in [1.54, 1.807) is 20.8 Å². The van der Waals surface area contributed by atoms with Crippen LogP contribution < -0.4 is 5.32 Å². The molecule has 104 valence electrons. The number of carbonyl (C=O) groups is 2. The standard InChI is InChI=1S/C12H21NO5/c1-12(2,3)18-10(14)9(17-11(15)16)8-4-6-13-7-5-8/h8-9,13H,4-7H2,1-3H3,(H,15,16). The summed E-state index contributed by atoms with van der Waals surface area (Å²) in [5.41, 5.74) is -0.649. The van der Waals surface area contributed by atoms with Crippen LogP contribution in [0.4, 0.5) is 4.79 Å². The fourth-order valence-corrected chi connectivity index (χ4v) is 1.95. The second-order valence-corrected chi connectivity index (χ2v) is 5.43. The van der Waals surface area contributed by atoms with Crippen molar-refractivity contribution in [2.45, 2.75) is 45.3 Å². The summed E-state index contributed by atoms with van der Waals surface area (Å²) in [5, 5.41) is 11.9. The zero-order chi connectivity index (χ0) is 13.8. The van der Waals surface area contributed by atoms with Gasteiger partial charge >= 0.3 is 12.1 Å². The second kappa shape index (κ2) is 6.04. The number of carbonyl (C=O) groups excluding carboxylic acids is 1. The Morgan fingerprint density at radius 3 is 2.28 bits per heavy atom. The third kappa shape index (κ3) is 4.91. The third-order valence-electron chi connectivity index (χ3n) is 2.68. The average Bonchev–Trinajstić information content (AvgIpc) is 2.24. The van der Waals surface area contributed by atoms with E-state index < -0.39 is 23.8 Å². The minimum atomic E-state index is -1.44. The molecule has 1 rings (SSSR count). The Morgan fingerprint density at radius 2 is 1.83 bits per heavy atom. The second-order valence-electron chi connectivity index (χ2n) is 5.43. The first kappa shape index (κ1) is 14.8. The van der Waals surface area contributed by atoms with Crippen molar-refractivity contribution in [1.82, 2.24) is 5.32 Å². The number of ether oxygens (including phenoxy) is 2. The average molecular weight is 259 g/mol. The van der Waals surface area contributed by atoms with Crippen molar-refractivity contribution in [2.24, 2.45) is 5.92 Å². The van der Waals surface area contributed by atoms with Crippen LogP contribution in [0, 0.1) is 5.92 Å². The SMILES string of the molecule is CC(C)(C)OC(=O)C(OC(=O)O)C1CCNCC1. The van der Waals surface area contributed by atoms with E-state index in [-0.39, 0.29) is 5.92 Å². The molecular formula is C12H21NO5. The van der Waals surface area contributed by atoms with Crippen molar-refractivity contribution in [2.75, 3.05) is 13.1 Å². The normalized spacial score (nSPS) is 19.1. The molecular weight excluding hydrogens is 238 g/mol. The monoisotopic (exact) mass is 259 g/mol. The van der Waals surface area contributed by atoms with Crippen LogP contribution in [0.5, 0.6) is 0 Å². The van der Waals surface area contributed by atoms with E-state index in [1.807, 2.05) is 0 Å². The summed E-state index contributed by atoms with van der Waals surface area (Å²) in [6.07, 6.45) is -1.05. The van der Waals surface area contributed by atoms with E-state index in [2.05, 4.69) is 5.32 Å². The van der Waals surface area contributed by atoms with Crippen molar-refractivity contribution in [3.8, 4) is 0 Å². The number of esters is 1. The molecule has 1 saturated heterocycles. The van der Waals surface area contributed by atoms with Gasteiger partial charge in [-0.3, -0.25) is 0 Å². The molecule has 0 radical (unpaired) electrons. The molecule has 1 unspecified atom stereocenters. The smallest absolute Gasteiger partial charge is 0.457 e. The van der Waals surface area contributed by atoms with Gasteiger partial charge in [0.15, 0.2) is 0 Å². The summed E-state index contributed by atoms with van der Waals surface area (Å²) >= 11 is 0. The molecule has 0 aromatic heterocycles. The molecule has 0 aliphatic carbocycles. The molecule has 0 spiro atoms. The largest absolute Gasteiger partial charge is 0.506 e. The van der Waals surface area contributed by atoms with Crippen molar-refractivity contribution >= 4 is 12.1 Å². The highest BCUT2D eigenvalue weighted by Crippen LogP contribution is 2.22. The summed E-state index contributed by atoms with van der Waals surface area (Å²) < 4.78 is 9.92. The molecule has 2 N–H and O–H groups in total. The molecule has 0 saturated carbocycles. The zero-order valence-corrected chi connectivity index (χ0v) is 11.1. The number of hydrogen-bond donors (Lipinski definition) is 2. The molecule has 0 bridgehead atoms. The van der Waals surface area contributed by atoms with Crippen LogP contribution in [-0.4, -0.2) is 42.0 Å². The molecule has 1 atom stereocenters. The van der Waals surface area contributed by atoms with Gasteiger partial charge in [0.2, 0.25) is 6.10 Å². The highest BCUT2D eigenvalue weighted by molar-refractivity contribution is 5.78. The Bertz CT molecular complexity index is 304. The lowest BCUT2D eigenvalue weighted by Gasteiger charge is -2.30. The van der Waals surface area contributed by atoms with E-state index in [0.717, 1.165) is 13.1 Å². The summed E-state index contributed by atoms with van der Waals surface area (Å²) in [6, 6.07) is 0. The van der Waals surface area contributed by atoms with E-state index >= 15 is 0 Å². The van der Waals surface area contributed by atoms with Gasteiger partial charge in [0.25, 0.3) is 0 Å². The first-order valence-corrected chi connectivity index (χ1v) is 6.13. The molecule has 6 heteroatoms. The minimum absolute atomic E-state index is 0.114. The Labute approximate surface area is 107 Å². The molecule has 0 aromatic carbocycles. The van der Waals surface area contributed by atoms with Crippen molar-refractivity contribution in [3.05, 3.63) is 0 Å². The van der Waals surface area contributed by atoms with E-state index in [4.69, 9.17) is 14.6 Å². The molecule has 18 heavy (non-hydrogen) atoms. The van der Waals surface area contributed by atoms with Crippen LogP contribution in [0.1, 0.15) is 33.6 Å². The van der Waals surface area contributed by atoms with Crippen LogP contribution in [0.3, 0.4) is 0 Å². The number of hydrogen-bond acceptors (Lipinski definition) is 5. The van der Waals surface area contributed by atoms with E-state index in [9.17, 15) is 9.59 Å². The number of carboxylic acid groups (broad SMARTS) is 1. The quantitative estimate of drug-likeness (QED) is 0.745. The molecule has 1 aliphatic rings. The Balaban J connectivity index is 2.70. The van der Waals surface area contributed by atoms with Crippen LogP contribution in [-0.2, 0) is 14.3 Å². The predicted octanol–water partition coefficient (Wildman–Crippen LogP) is 1.39. The van der Waals surface area contributed by atoms with Crippen molar-refractivity contribution in [1.29, 1.82) is 0 Å². The van der Waals surface area contributed by atoms with E-state index in [1.165, 1.54) is 0 Å². The maximum absolute atomic E-state index is 12.0. The van der Waals surface area contributed by atoms with Crippen molar-refractivity contribution in [3.63, 3.8) is 0 Å². The fourth-order valence-electron chi connectivity index (χ4n) is 1.95. The maximum Gasteiger partial charge on any atom is 0.506 e. The van der Waals surface area contributed by atoms with Gasteiger partial charge < -0.3 is 19.9 Å². The maximum atomic E-state index is 12.0. The van der Waals surface area contributed by atoms with Gasteiger partial charge in [0, 0.05) is 5.92 Å². The Hall–Kier alpha value is -1.30. The Morgan fingerprint density at radius 1 is 1.28 bits per heavy atom. The Kier molecular flexibility index (Phi) is 4.95. The van der Waals surface area contributed by atoms with Gasteiger partial charge in [0.1, 0.15) is 5.60 Å². The topological polar surface area (TPSA) is 84.9 Å². The van der Waals surface area contributed by atoms with Gasteiger partial charge in [-0.15, -0.1) is 0 Å². The highest BCUT2D eigenvalue weighted by Gasteiger charge is 2.36. The fraction of sp³-hybridized carbons (Fsp3) is 0.833. The predicted molar refractivity (Wildman–Crippen MR) is 64.3 cm³/mol. The molecule has 1 fully saturated rings. The van der Waals surface area contributed by atoms with Gasteiger partial charge in [-0.2, -0.15) is 0 Å². The molecule has 6 nitrogen and oxygen atoms in total. The van der Waals surface area contributed by atoms with E-state index in [0.29, 0.717) is 12.8 Å². The lowest BCUT2D eigenvalue weighted by molar-refractivity contribution is -0.170. The van der Waals surface area contributed by atoms with Gasteiger partial charge in [-0.25, -0.2) is 9.59 Å². The molecule has 1 aliphatic heterocycles.